The molecular formula is C18H16N2O3. The van der Waals surface area contributed by atoms with E-state index < -0.39 is 5.91 Å². The van der Waals surface area contributed by atoms with Crippen molar-refractivity contribution < 1.29 is 9.63 Å². The Kier molecular flexibility index (Phi) is 3.85. The van der Waals surface area contributed by atoms with Crippen molar-refractivity contribution >= 4 is 22.4 Å². The van der Waals surface area contributed by atoms with E-state index in [4.69, 9.17) is 4.84 Å². The van der Waals surface area contributed by atoms with Gasteiger partial charge in [-0.2, -0.15) is 0 Å². The second-order valence-electron chi connectivity index (χ2n) is 5.22. The number of hydrogen-bond acceptors (Lipinski definition) is 3. The molecule has 0 radical (unpaired) electrons. The van der Waals surface area contributed by atoms with Crippen LogP contribution in [0.1, 0.15) is 16.1 Å². The Bertz CT molecular complexity index is 927. The quantitative estimate of drug-likeness (QED) is 0.809. The molecule has 3 aromatic rings. The summed E-state index contributed by atoms with van der Waals surface area (Å²) in [5, 5.41) is 3.97. The summed E-state index contributed by atoms with van der Waals surface area (Å²) in [6.45, 7) is 1.97. The van der Waals surface area contributed by atoms with Gasteiger partial charge in [0.15, 0.2) is 0 Å². The zero-order valence-corrected chi connectivity index (χ0v) is 12.9. The highest BCUT2D eigenvalue weighted by atomic mass is 16.6. The molecule has 0 aliphatic carbocycles. The van der Waals surface area contributed by atoms with Gasteiger partial charge in [0, 0.05) is 5.69 Å². The Balaban J connectivity index is 2.06. The standard InChI is InChI=1S/C18H16N2O3/c1-12-7-9-14(10-8-12)19-17(21)16-11-13-5-3-4-6-15(13)18(22)20(16)23-2/h3-11H,1-2H3,(H,19,21). The number of pyridine rings is 1. The van der Waals surface area contributed by atoms with E-state index in [9.17, 15) is 9.59 Å². The second kappa shape index (κ2) is 5.96. The molecule has 0 saturated carbocycles. The maximum atomic E-state index is 12.5. The predicted octanol–water partition coefficient (Wildman–Crippen LogP) is 2.62. The Hall–Kier alpha value is -3.08. The number of carbonyl (C=O) groups excluding carboxylic acids is 1. The molecule has 116 valence electrons. The Morgan fingerprint density at radius 2 is 1.78 bits per heavy atom. The first-order valence-electron chi connectivity index (χ1n) is 7.17. The van der Waals surface area contributed by atoms with E-state index >= 15 is 0 Å². The number of benzene rings is 2. The van der Waals surface area contributed by atoms with Crippen molar-refractivity contribution in [1.29, 1.82) is 0 Å². The van der Waals surface area contributed by atoms with E-state index in [-0.39, 0.29) is 11.3 Å². The fourth-order valence-corrected chi connectivity index (χ4v) is 2.41. The second-order valence-corrected chi connectivity index (χ2v) is 5.22. The third-order valence-electron chi connectivity index (χ3n) is 3.61. The molecule has 1 heterocycles. The molecule has 23 heavy (non-hydrogen) atoms. The van der Waals surface area contributed by atoms with Crippen molar-refractivity contribution in [2.45, 2.75) is 6.92 Å². The molecule has 3 rings (SSSR count). The van der Waals surface area contributed by atoms with Crippen molar-refractivity contribution in [3.8, 4) is 0 Å². The molecule has 0 atom stereocenters. The van der Waals surface area contributed by atoms with Crippen LogP contribution < -0.4 is 15.7 Å². The summed E-state index contributed by atoms with van der Waals surface area (Å²) < 4.78 is 1.01. The fraction of sp³-hybridized carbons (Fsp3) is 0.111. The number of amides is 1. The van der Waals surface area contributed by atoms with Gasteiger partial charge < -0.3 is 10.2 Å². The number of nitrogens with one attached hydrogen (secondary N) is 1. The average molecular weight is 308 g/mol. The van der Waals surface area contributed by atoms with Gasteiger partial charge in [-0.25, -0.2) is 0 Å². The van der Waals surface area contributed by atoms with Gasteiger partial charge in [0.1, 0.15) is 12.8 Å². The lowest BCUT2D eigenvalue weighted by Gasteiger charge is -2.12. The largest absolute Gasteiger partial charge is 0.413 e. The monoisotopic (exact) mass is 308 g/mol. The van der Waals surface area contributed by atoms with E-state index in [0.717, 1.165) is 10.3 Å². The summed E-state index contributed by atoms with van der Waals surface area (Å²) in [7, 11) is 1.36. The number of aryl methyl sites for hydroxylation is 1. The highest BCUT2D eigenvalue weighted by Gasteiger charge is 2.16. The molecular weight excluding hydrogens is 292 g/mol. The van der Waals surface area contributed by atoms with Crippen molar-refractivity contribution in [1.82, 2.24) is 4.73 Å². The summed E-state index contributed by atoms with van der Waals surface area (Å²) in [5.74, 6) is -0.404. The molecule has 0 bridgehead atoms. The van der Waals surface area contributed by atoms with Crippen LogP contribution in [0.3, 0.4) is 0 Å². The smallest absolute Gasteiger partial charge is 0.291 e. The van der Waals surface area contributed by atoms with Crippen LogP contribution in [-0.2, 0) is 0 Å². The summed E-state index contributed by atoms with van der Waals surface area (Å²) >= 11 is 0. The molecule has 1 N–H and O–H groups in total. The van der Waals surface area contributed by atoms with Crippen LogP contribution in [0.15, 0.2) is 59.4 Å². The first-order chi connectivity index (χ1) is 11.1. The van der Waals surface area contributed by atoms with Gasteiger partial charge in [-0.3, -0.25) is 9.59 Å². The summed E-state index contributed by atoms with van der Waals surface area (Å²) in [6, 6.07) is 16.2. The lowest BCUT2D eigenvalue weighted by molar-refractivity contribution is 0.0952. The van der Waals surface area contributed by atoms with Crippen LogP contribution in [0.25, 0.3) is 10.8 Å². The highest BCUT2D eigenvalue weighted by molar-refractivity contribution is 6.04. The van der Waals surface area contributed by atoms with Crippen LogP contribution in [0.4, 0.5) is 5.69 Å². The third-order valence-corrected chi connectivity index (χ3v) is 3.61. The molecule has 5 nitrogen and oxygen atoms in total. The molecule has 1 amide bonds. The van der Waals surface area contributed by atoms with Crippen LogP contribution in [0, 0.1) is 6.92 Å². The van der Waals surface area contributed by atoms with Crippen LogP contribution in [0.2, 0.25) is 0 Å². The van der Waals surface area contributed by atoms with E-state index in [0.29, 0.717) is 16.5 Å². The van der Waals surface area contributed by atoms with Crippen LogP contribution in [0.5, 0.6) is 0 Å². The number of nitrogens with zero attached hydrogens (tertiary/aromatic N) is 1. The van der Waals surface area contributed by atoms with Crippen molar-refractivity contribution in [3.05, 3.63) is 76.2 Å². The van der Waals surface area contributed by atoms with Gasteiger partial charge in [-0.1, -0.05) is 35.9 Å². The topological polar surface area (TPSA) is 60.3 Å². The molecule has 5 heteroatoms. The molecule has 0 spiro atoms. The first kappa shape index (κ1) is 14.8. The normalized spacial score (nSPS) is 10.5. The van der Waals surface area contributed by atoms with Crippen LogP contribution >= 0.6 is 0 Å². The summed E-state index contributed by atoms with van der Waals surface area (Å²) in [5.41, 5.74) is 1.54. The minimum Gasteiger partial charge on any atom is -0.413 e. The van der Waals surface area contributed by atoms with Crippen LogP contribution in [-0.4, -0.2) is 17.7 Å². The van der Waals surface area contributed by atoms with E-state index in [1.54, 1.807) is 24.3 Å². The lowest BCUT2D eigenvalue weighted by atomic mass is 10.1. The number of hydrogen-bond donors (Lipinski definition) is 1. The average Bonchev–Trinajstić information content (AvgIpc) is 2.57. The molecule has 0 aliphatic rings. The van der Waals surface area contributed by atoms with E-state index in [1.807, 2.05) is 37.3 Å². The molecule has 2 aromatic carbocycles. The maximum Gasteiger partial charge on any atom is 0.291 e. The van der Waals surface area contributed by atoms with Crippen molar-refractivity contribution in [2.24, 2.45) is 0 Å². The van der Waals surface area contributed by atoms with Crippen molar-refractivity contribution in [2.75, 3.05) is 12.4 Å². The predicted molar refractivity (Wildman–Crippen MR) is 89.8 cm³/mol. The van der Waals surface area contributed by atoms with Gasteiger partial charge in [0.2, 0.25) is 0 Å². The summed E-state index contributed by atoms with van der Waals surface area (Å²) in [4.78, 5) is 30.1. The number of fused-ring (bicyclic) bond motifs is 1. The molecule has 0 saturated heterocycles. The Morgan fingerprint density at radius 3 is 2.48 bits per heavy atom. The zero-order chi connectivity index (χ0) is 16.4. The maximum absolute atomic E-state index is 12.5. The van der Waals surface area contributed by atoms with E-state index in [1.165, 1.54) is 7.11 Å². The molecule has 1 aromatic heterocycles. The van der Waals surface area contributed by atoms with Gasteiger partial charge in [-0.05, 0) is 36.6 Å². The molecule has 0 aliphatic heterocycles. The van der Waals surface area contributed by atoms with Gasteiger partial charge in [-0.15, -0.1) is 4.73 Å². The highest BCUT2D eigenvalue weighted by Crippen LogP contribution is 2.14. The summed E-state index contributed by atoms with van der Waals surface area (Å²) in [6.07, 6.45) is 0. The van der Waals surface area contributed by atoms with Gasteiger partial charge in [0.25, 0.3) is 11.5 Å². The lowest BCUT2D eigenvalue weighted by Crippen LogP contribution is -2.32. The van der Waals surface area contributed by atoms with Gasteiger partial charge in [0.05, 0.1) is 5.39 Å². The SMILES string of the molecule is COn1c(C(=O)Nc2ccc(C)cc2)cc2ccccc2c1=O. The van der Waals surface area contributed by atoms with Gasteiger partial charge >= 0.3 is 0 Å². The van der Waals surface area contributed by atoms with Crippen molar-refractivity contribution in [3.63, 3.8) is 0 Å². The Labute approximate surface area is 133 Å². The number of carbonyl (C=O) groups is 1. The number of anilines is 1. The number of aromatic nitrogens is 1. The first-order valence-corrected chi connectivity index (χ1v) is 7.17. The number of rotatable bonds is 3. The van der Waals surface area contributed by atoms with E-state index in [2.05, 4.69) is 5.32 Å². The third kappa shape index (κ3) is 2.81. The Morgan fingerprint density at radius 1 is 1.09 bits per heavy atom. The molecule has 0 fully saturated rings. The molecule has 0 unspecified atom stereocenters. The minimum atomic E-state index is -0.404. The minimum absolute atomic E-state index is 0.150. The zero-order valence-electron chi connectivity index (χ0n) is 12.9. The fourth-order valence-electron chi connectivity index (χ4n) is 2.41.